The molecule has 0 radical (unpaired) electrons. The fourth-order valence-corrected chi connectivity index (χ4v) is 2.54. The van der Waals surface area contributed by atoms with Crippen LogP contribution >= 0.6 is 0 Å². The fourth-order valence-electron chi connectivity index (χ4n) is 2.54. The van der Waals surface area contributed by atoms with E-state index in [1.165, 1.54) is 19.1 Å². The zero-order chi connectivity index (χ0) is 17.3. The van der Waals surface area contributed by atoms with Crippen molar-refractivity contribution >= 4 is 28.5 Å². The highest BCUT2D eigenvalue weighted by Gasteiger charge is 2.15. The molecule has 0 fully saturated rings. The van der Waals surface area contributed by atoms with Crippen molar-refractivity contribution in [1.29, 1.82) is 0 Å². The minimum atomic E-state index is -0.458. The Morgan fingerprint density at radius 1 is 1.04 bits per heavy atom. The molecule has 0 saturated carbocycles. The van der Waals surface area contributed by atoms with Crippen LogP contribution < -0.4 is 0 Å². The molecule has 3 N–H and O–H groups in total. The summed E-state index contributed by atoms with van der Waals surface area (Å²) in [5.41, 5.74) is 1.76. The minimum absolute atomic E-state index is 0.00311. The van der Waals surface area contributed by atoms with E-state index < -0.39 is 5.78 Å². The second-order valence-electron chi connectivity index (χ2n) is 5.43. The largest absolute Gasteiger partial charge is 0.507 e. The first-order chi connectivity index (χ1) is 11.5. The average molecular weight is 321 g/mol. The van der Waals surface area contributed by atoms with Gasteiger partial charge in [0.2, 0.25) is 0 Å². The van der Waals surface area contributed by atoms with Crippen LogP contribution in [0.2, 0.25) is 0 Å². The molecule has 0 aliphatic heterocycles. The van der Waals surface area contributed by atoms with E-state index in [4.69, 9.17) is 0 Å². The quantitative estimate of drug-likeness (QED) is 0.505. The van der Waals surface area contributed by atoms with Crippen molar-refractivity contribution < 1.29 is 19.8 Å². The summed E-state index contributed by atoms with van der Waals surface area (Å²) in [6, 6.07) is 9.88. The molecule has 0 spiro atoms. The van der Waals surface area contributed by atoms with Crippen LogP contribution in [0.15, 0.2) is 48.7 Å². The van der Waals surface area contributed by atoms with E-state index in [-0.39, 0.29) is 28.4 Å². The van der Waals surface area contributed by atoms with Gasteiger partial charge in [-0.3, -0.25) is 9.59 Å². The number of aromatic nitrogens is 1. The predicted octanol–water partition coefficient (Wildman–Crippen LogP) is 3.68. The number of aromatic amines is 1. The molecule has 5 nitrogen and oxygen atoms in total. The van der Waals surface area contributed by atoms with Gasteiger partial charge in [-0.25, -0.2) is 0 Å². The molecular formula is C19H15NO4. The minimum Gasteiger partial charge on any atom is -0.507 e. The number of H-pyrrole nitrogens is 1. The van der Waals surface area contributed by atoms with E-state index in [2.05, 4.69) is 4.98 Å². The third-order valence-electron chi connectivity index (χ3n) is 3.79. The highest BCUT2D eigenvalue weighted by atomic mass is 16.3. The molecule has 1 heterocycles. The standard InChI is InChI=1S/C19H15NO4/c1-11(21)14-8-15(19(24)9-18(14)23)17(22)7-6-12-10-20-16-5-3-2-4-13(12)16/h2-10,20,23-24H,1H3/b7-6+. The molecule has 0 atom stereocenters. The molecule has 5 heteroatoms. The lowest BCUT2D eigenvalue weighted by atomic mass is 10.0. The number of carbonyl (C=O) groups excluding carboxylic acids is 2. The third-order valence-corrected chi connectivity index (χ3v) is 3.79. The molecular weight excluding hydrogens is 306 g/mol. The number of phenolic OH excluding ortho intramolecular Hbond substituents is 2. The van der Waals surface area contributed by atoms with E-state index in [1.807, 2.05) is 24.3 Å². The lowest BCUT2D eigenvalue weighted by Gasteiger charge is -2.05. The Morgan fingerprint density at radius 3 is 2.50 bits per heavy atom. The van der Waals surface area contributed by atoms with Crippen LogP contribution in [0.5, 0.6) is 11.5 Å². The Labute approximate surface area is 137 Å². The fraction of sp³-hybridized carbons (Fsp3) is 0.0526. The third kappa shape index (κ3) is 2.79. The van der Waals surface area contributed by atoms with Crippen molar-refractivity contribution in [2.75, 3.05) is 0 Å². The second kappa shape index (κ2) is 6.04. The number of nitrogens with one attached hydrogen (secondary N) is 1. The van der Waals surface area contributed by atoms with Gasteiger partial charge in [-0.05, 0) is 36.8 Å². The van der Waals surface area contributed by atoms with Gasteiger partial charge in [-0.1, -0.05) is 18.2 Å². The normalized spacial score (nSPS) is 11.2. The summed E-state index contributed by atoms with van der Waals surface area (Å²) in [7, 11) is 0. The zero-order valence-corrected chi connectivity index (χ0v) is 12.9. The molecule has 1 aromatic heterocycles. The topological polar surface area (TPSA) is 90.4 Å². The van der Waals surface area contributed by atoms with Crippen LogP contribution in [0.1, 0.15) is 33.2 Å². The number of benzene rings is 2. The number of Topliss-reactive ketones (excluding diaryl/α,β-unsaturated/α-hetero) is 1. The van der Waals surface area contributed by atoms with Gasteiger partial charge in [0.15, 0.2) is 11.6 Å². The first-order valence-electron chi connectivity index (χ1n) is 7.33. The van der Waals surface area contributed by atoms with E-state index >= 15 is 0 Å². The molecule has 0 saturated heterocycles. The van der Waals surface area contributed by atoms with Crippen molar-refractivity contribution in [3.8, 4) is 11.5 Å². The number of para-hydroxylation sites is 1. The number of aromatic hydroxyl groups is 2. The van der Waals surface area contributed by atoms with Crippen LogP contribution in [0, 0.1) is 0 Å². The van der Waals surface area contributed by atoms with E-state index in [9.17, 15) is 19.8 Å². The van der Waals surface area contributed by atoms with E-state index in [0.29, 0.717) is 0 Å². The Hall–Kier alpha value is -3.34. The van der Waals surface area contributed by atoms with Crippen LogP contribution in [0.3, 0.4) is 0 Å². The highest BCUT2D eigenvalue weighted by Crippen LogP contribution is 2.28. The van der Waals surface area contributed by atoms with Gasteiger partial charge in [-0.15, -0.1) is 0 Å². The maximum Gasteiger partial charge on any atom is 0.189 e. The molecule has 0 amide bonds. The number of carbonyl (C=O) groups is 2. The van der Waals surface area contributed by atoms with Gasteiger partial charge < -0.3 is 15.2 Å². The van der Waals surface area contributed by atoms with E-state index in [1.54, 1.807) is 12.3 Å². The van der Waals surface area contributed by atoms with Crippen LogP contribution in [-0.2, 0) is 0 Å². The number of phenols is 2. The number of fused-ring (bicyclic) bond motifs is 1. The lowest BCUT2D eigenvalue weighted by Crippen LogP contribution is -2.00. The smallest absolute Gasteiger partial charge is 0.189 e. The SMILES string of the molecule is CC(=O)c1cc(C(=O)/C=C/c2c[nH]c3ccccc23)c(O)cc1O. The molecule has 24 heavy (non-hydrogen) atoms. The van der Waals surface area contributed by atoms with Crippen molar-refractivity contribution in [1.82, 2.24) is 4.98 Å². The van der Waals surface area contributed by atoms with Gasteiger partial charge in [0, 0.05) is 23.2 Å². The van der Waals surface area contributed by atoms with Crippen LogP contribution in [-0.4, -0.2) is 26.8 Å². The lowest BCUT2D eigenvalue weighted by molar-refractivity contribution is 0.101. The average Bonchev–Trinajstić information content (AvgIpc) is 2.95. The number of ketones is 2. The number of allylic oxidation sites excluding steroid dienone is 1. The van der Waals surface area contributed by atoms with Crippen molar-refractivity contribution in [3.63, 3.8) is 0 Å². The predicted molar refractivity (Wildman–Crippen MR) is 91.4 cm³/mol. The Balaban J connectivity index is 1.95. The van der Waals surface area contributed by atoms with Gasteiger partial charge in [0.05, 0.1) is 11.1 Å². The Bertz CT molecular complexity index is 982. The van der Waals surface area contributed by atoms with E-state index in [0.717, 1.165) is 22.5 Å². The maximum atomic E-state index is 12.3. The first kappa shape index (κ1) is 15.6. The summed E-state index contributed by atoms with van der Waals surface area (Å²) in [5, 5.41) is 20.5. The van der Waals surface area contributed by atoms with Gasteiger partial charge in [-0.2, -0.15) is 0 Å². The molecule has 0 bridgehead atoms. The summed E-state index contributed by atoms with van der Waals surface area (Å²) in [5.74, 6) is -1.56. The number of hydrogen-bond acceptors (Lipinski definition) is 4. The first-order valence-corrected chi connectivity index (χ1v) is 7.33. The maximum absolute atomic E-state index is 12.3. The van der Waals surface area contributed by atoms with Crippen molar-refractivity contribution in [2.24, 2.45) is 0 Å². The Morgan fingerprint density at radius 2 is 1.75 bits per heavy atom. The highest BCUT2D eigenvalue weighted by molar-refractivity contribution is 6.11. The monoisotopic (exact) mass is 321 g/mol. The van der Waals surface area contributed by atoms with Gasteiger partial charge >= 0.3 is 0 Å². The summed E-state index contributed by atoms with van der Waals surface area (Å²) in [4.78, 5) is 26.9. The zero-order valence-electron chi connectivity index (χ0n) is 12.9. The molecule has 2 aromatic carbocycles. The van der Waals surface area contributed by atoms with Crippen molar-refractivity contribution in [2.45, 2.75) is 6.92 Å². The summed E-state index contributed by atoms with van der Waals surface area (Å²) >= 11 is 0. The second-order valence-corrected chi connectivity index (χ2v) is 5.43. The summed E-state index contributed by atoms with van der Waals surface area (Å²) in [6.07, 6.45) is 4.75. The Kier molecular flexibility index (Phi) is 3.92. The molecule has 0 aliphatic carbocycles. The van der Waals surface area contributed by atoms with Gasteiger partial charge in [0.25, 0.3) is 0 Å². The van der Waals surface area contributed by atoms with Crippen LogP contribution in [0.25, 0.3) is 17.0 Å². The summed E-state index contributed by atoms with van der Waals surface area (Å²) < 4.78 is 0. The molecule has 0 unspecified atom stereocenters. The molecule has 3 rings (SSSR count). The molecule has 3 aromatic rings. The number of hydrogen-bond donors (Lipinski definition) is 3. The van der Waals surface area contributed by atoms with Crippen LogP contribution in [0.4, 0.5) is 0 Å². The van der Waals surface area contributed by atoms with Gasteiger partial charge in [0.1, 0.15) is 11.5 Å². The number of rotatable bonds is 4. The van der Waals surface area contributed by atoms with Crippen molar-refractivity contribution in [3.05, 3.63) is 65.4 Å². The summed E-state index contributed by atoms with van der Waals surface area (Å²) in [6.45, 7) is 1.28. The molecule has 120 valence electrons. The molecule has 0 aliphatic rings.